The van der Waals surface area contributed by atoms with Gasteiger partial charge in [0.1, 0.15) is 0 Å². The highest BCUT2D eigenvalue weighted by Gasteiger charge is 2.06. The van der Waals surface area contributed by atoms with Crippen LogP contribution in [0.2, 0.25) is 0 Å². The fourth-order valence-corrected chi connectivity index (χ4v) is 2.61. The molecule has 0 saturated heterocycles. The molecule has 2 aromatic rings. The second-order valence-electron chi connectivity index (χ2n) is 6.51. The van der Waals surface area contributed by atoms with Crippen LogP contribution in [0, 0.1) is 6.92 Å². The van der Waals surface area contributed by atoms with E-state index in [0.29, 0.717) is 6.42 Å². The number of Topliss-reactive ketones (excluding diaryl/α,β-unsaturated/α-hetero) is 1. The molecule has 0 bridgehead atoms. The van der Waals surface area contributed by atoms with E-state index in [0.717, 1.165) is 31.4 Å². The Bertz CT molecular complexity index is 611. The van der Waals surface area contributed by atoms with Gasteiger partial charge in [-0.05, 0) is 58.0 Å². The molecule has 0 amide bonds. The quantitative estimate of drug-likeness (QED) is 0.677. The van der Waals surface area contributed by atoms with Gasteiger partial charge in [-0.1, -0.05) is 54.1 Å². The van der Waals surface area contributed by atoms with E-state index in [9.17, 15) is 4.79 Å². The van der Waals surface area contributed by atoms with Crippen molar-refractivity contribution in [1.82, 2.24) is 4.90 Å². The second-order valence-corrected chi connectivity index (χ2v) is 6.51. The Kier molecular flexibility index (Phi) is 6.54. The highest BCUT2D eigenvalue weighted by Crippen LogP contribution is 2.12. The number of carbonyl (C=O) groups is 1. The number of hydrogen-bond acceptors (Lipinski definition) is 2. The van der Waals surface area contributed by atoms with Crippen LogP contribution in [0.25, 0.3) is 0 Å². The largest absolute Gasteiger partial charge is 0.309 e. The summed E-state index contributed by atoms with van der Waals surface area (Å²) in [5.41, 5.74) is 4.62. The summed E-state index contributed by atoms with van der Waals surface area (Å²) in [5.74, 6) is 0.227. The molecular weight excluding hydrogens is 282 g/mol. The summed E-state index contributed by atoms with van der Waals surface area (Å²) in [4.78, 5) is 14.5. The molecule has 0 aliphatic heterocycles. The molecule has 0 heterocycles. The summed E-state index contributed by atoms with van der Waals surface area (Å²) in [5, 5.41) is 0. The Balaban J connectivity index is 1.83. The summed E-state index contributed by atoms with van der Waals surface area (Å²) in [6.07, 6.45) is 3.59. The number of ketones is 1. The minimum absolute atomic E-state index is 0.227. The van der Waals surface area contributed by atoms with Gasteiger partial charge in [-0.3, -0.25) is 4.79 Å². The van der Waals surface area contributed by atoms with Crippen LogP contribution in [-0.4, -0.2) is 31.3 Å². The zero-order valence-corrected chi connectivity index (χ0v) is 14.5. The maximum absolute atomic E-state index is 12.3. The molecule has 2 heteroatoms. The number of aryl methyl sites for hydroxylation is 3. The Morgan fingerprint density at radius 1 is 0.870 bits per heavy atom. The van der Waals surface area contributed by atoms with E-state index in [-0.39, 0.29) is 5.78 Å². The number of nitrogens with zero attached hydrogens (tertiary/aromatic N) is 1. The fraction of sp³-hybridized carbons (Fsp3) is 0.381. The SMILES string of the molecule is Cc1ccc(CCC(=O)c2ccc(CCCN(C)C)cc2)cc1. The van der Waals surface area contributed by atoms with Gasteiger partial charge in [0.2, 0.25) is 0 Å². The van der Waals surface area contributed by atoms with E-state index in [2.05, 4.69) is 62.3 Å². The fourth-order valence-electron chi connectivity index (χ4n) is 2.61. The lowest BCUT2D eigenvalue weighted by atomic mass is 10.0. The van der Waals surface area contributed by atoms with Crippen LogP contribution in [0.5, 0.6) is 0 Å². The number of carbonyl (C=O) groups excluding carboxylic acids is 1. The van der Waals surface area contributed by atoms with Crippen LogP contribution in [0.3, 0.4) is 0 Å². The van der Waals surface area contributed by atoms with Gasteiger partial charge in [0.15, 0.2) is 5.78 Å². The van der Waals surface area contributed by atoms with Crippen molar-refractivity contribution in [2.75, 3.05) is 20.6 Å². The molecule has 0 aliphatic carbocycles. The third kappa shape index (κ3) is 5.99. The van der Waals surface area contributed by atoms with Crippen LogP contribution in [0.15, 0.2) is 48.5 Å². The average molecular weight is 309 g/mol. The normalized spacial score (nSPS) is 11.0. The summed E-state index contributed by atoms with van der Waals surface area (Å²) < 4.78 is 0. The van der Waals surface area contributed by atoms with Crippen molar-refractivity contribution in [3.63, 3.8) is 0 Å². The lowest BCUT2D eigenvalue weighted by molar-refractivity contribution is 0.0983. The van der Waals surface area contributed by atoms with Crippen molar-refractivity contribution in [3.8, 4) is 0 Å². The molecule has 0 aromatic heterocycles. The summed E-state index contributed by atoms with van der Waals surface area (Å²) in [7, 11) is 4.19. The second kappa shape index (κ2) is 8.64. The lowest BCUT2D eigenvalue weighted by Crippen LogP contribution is -2.13. The van der Waals surface area contributed by atoms with Gasteiger partial charge in [0, 0.05) is 12.0 Å². The summed E-state index contributed by atoms with van der Waals surface area (Å²) in [6.45, 7) is 3.17. The molecule has 0 N–H and O–H groups in total. The minimum Gasteiger partial charge on any atom is -0.309 e. The molecule has 23 heavy (non-hydrogen) atoms. The predicted octanol–water partition coefficient (Wildman–Crippen LogP) is 4.30. The van der Waals surface area contributed by atoms with Crippen LogP contribution in [0.4, 0.5) is 0 Å². The third-order valence-electron chi connectivity index (χ3n) is 4.11. The van der Waals surface area contributed by atoms with Crippen molar-refractivity contribution in [1.29, 1.82) is 0 Å². The van der Waals surface area contributed by atoms with E-state index >= 15 is 0 Å². The van der Waals surface area contributed by atoms with E-state index in [1.807, 2.05) is 12.1 Å². The molecule has 0 saturated carbocycles. The first-order chi connectivity index (χ1) is 11.0. The van der Waals surface area contributed by atoms with Crippen molar-refractivity contribution < 1.29 is 4.79 Å². The van der Waals surface area contributed by atoms with E-state index in [1.54, 1.807) is 0 Å². The van der Waals surface area contributed by atoms with Crippen LogP contribution in [0.1, 0.15) is 39.9 Å². The van der Waals surface area contributed by atoms with E-state index in [4.69, 9.17) is 0 Å². The molecule has 122 valence electrons. The summed E-state index contributed by atoms with van der Waals surface area (Å²) >= 11 is 0. The molecule has 0 atom stereocenters. The Morgan fingerprint density at radius 3 is 2.04 bits per heavy atom. The van der Waals surface area contributed by atoms with Gasteiger partial charge in [-0.15, -0.1) is 0 Å². The Labute approximate surface area is 140 Å². The molecule has 0 spiro atoms. The number of hydrogen-bond donors (Lipinski definition) is 0. The van der Waals surface area contributed by atoms with Gasteiger partial charge in [-0.25, -0.2) is 0 Å². The topological polar surface area (TPSA) is 20.3 Å². The maximum Gasteiger partial charge on any atom is 0.163 e. The van der Waals surface area contributed by atoms with Crippen LogP contribution in [-0.2, 0) is 12.8 Å². The minimum atomic E-state index is 0.227. The van der Waals surface area contributed by atoms with Gasteiger partial charge >= 0.3 is 0 Å². The molecule has 2 nitrogen and oxygen atoms in total. The molecule has 0 unspecified atom stereocenters. The zero-order chi connectivity index (χ0) is 16.7. The van der Waals surface area contributed by atoms with Crippen molar-refractivity contribution >= 4 is 5.78 Å². The number of benzene rings is 2. The Morgan fingerprint density at radius 2 is 1.43 bits per heavy atom. The van der Waals surface area contributed by atoms with Crippen molar-refractivity contribution in [2.45, 2.75) is 32.6 Å². The molecule has 2 rings (SSSR count). The monoisotopic (exact) mass is 309 g/mol. The van der Waals surface area contributed by atoms with E-state index < -0.39 is 0 Å². The highest BCUT2D eigenvalue weighted by atomic mass is 16.1. The first-order valence-electron chi connectivity index (χ1n) is 8.37. The molecule has 0 aliphatic rings. The predicted molar refractivity (Wildman–Crippen MR) is 97.1 cm³/mol. The Hall–Kier alpha value is -1.93. The van der Waals surface area contributed by atoms with Gasteiger partial charge in [0.05, 0.1) is 0 Å². The number of rotatable bonds is 8. The first kappa shape index (κ1) is 17.4. The zero-order valence-electron chi connectivity index (χ0n) is 14.5. The molecular formula is C21H27NO. The van der Waals surface area contributed by atoms with Crippen molar-refractivity contribution in [3.05, 3.63) is 70.8 Å². The molecule has 0 radical (unpaired) electrons. The average Bonchev–Trinajstić information content (AvgIpc) is 2.54. The van der Waals surface area contributed by atoms with Gasteiger partial charge in [0.25, 0.3) is 0 Å². The summed E-state index contributed by atoms with van der Waals surface area (Å²) in [6, 6.07) is 16.5. The van der Waals surface area contributed by atoms with Gasteiger partial charge in [-0.2, -0.15) is 0 Å². The van der Waals surface area contributed by atoms with Gasteiger partial charge < -0.3 is 4.90 Å². The molecule has 2 aromatic carbocycles. The third-order valence-corrected chi connectivity index (χ3v) is 4.11. The highest BCUT2D eigenvalue weighted by molar-refractivity contribution is 5.96. The van der Waals surface area contributed by atoms with Crippen molar-refractivity contribution in [2.24, 2.45) is 0 Å². The van der Waals surface area contributed by atoms with Crippen LogP contribution >= 0.6 is 0 Å². The van der Waals surface area contributed by atoms with E-state index in [1.165, 1.54) is 16.7 Å². The molecule has 0 fully saturated rings. The van der Waals surface area contributed by atoms with Crippen LogP contribution < -0.4 is 0 Å². The standard InChI is InChI=1S/C21H27NO/c1-17-6-8-19(9-7-17)12-15-21(23)20-13-10-18(11-14-20)5-4-16-22(2)3/h6-11,13-14H,4-5,12,15-16H2,1-3H3. The smallest absolute Gasteiger partial charge is 0.163 e. The lowest BCUT2D eigenvalue weighted by Gasteiger charge is -2.09. The first-order valence-corrected chi connectivity index (χ1v) is 8.37. The maximum atomic E-state index is 12.3.